The molecule has 5 nitrogen and oxygen atoms in total. The molecule has 0 spiro atoms. The fourth-order valence-corrected chi connectivity index (χ4v) is 3.78. The average molecular weight is 377 g/mol. The summed E-state index contributed by atoms with van der Waals surface area (Å²) >= 11 is 0. The normalized spacial score (nSPS) is 17.0. The number of nitrogens with one attached hydrogen (secondary N) is 1. The van der Waals surface area contributed by atoms with Gasteiger partial charge in [-0.2, -0.15) is 5.10 Å². The van der Waals surface area contributed by atoms with Crippen molar-refractivity contribution in [2.75, 3.05) is 26.8 Å². The number of likely N-dealkylation sites (tertiary alicyclic amines) is 1. The molecular weight excluding hydrogens is 350 g/mol. The van der Waals surface area contributed by atoms with Gasteiger partial charge in [0.05, 0.1) is 19.4 Å². The van der Waals surface area contributed by atoms with Crippen molar-refractivity contribution in [3.8, 4) is 11.5 Å². The van der Waals surface area contributed by atoms with E-state index in [0.29, 0.717) is 12.5 Å². The third-order valence-electron chi connectivity index (χ3n) is 5.29. The molecule has 3 aromatic rings. The van der Waals surface area contributed by atoms with Gasteiger partial charge in [0.25, 0.3) is 0 Å². The summed E-state index contributed by atoms with van der Waals surface area (Å²) in [5, 5.41) is 7.75. The second-order valence-corrected chi connectivity index (χ2v) is 7.27. The summed E-state index contributed by atoms with van der Waals surface area (Å²) < 4.78 is 11.2. The smallest absolute Gasteiger partial charge is 0.161 e. The number of methoxy groups -OCH3 is 1. The predicted molar refractivity (Wildman–Crippen MR) is 110 cm³/mol. The summed E-state index contributed by atoms with van der Waals surface area (Å²) in [5.41, 5.74) is 3.66. The highest BCUT2D eigenvalue weighted by Crippen LogP contribution is 2.28. The standard InChI is InChI=1S/C23H27N3O2/c1-27-22-9-5-6-10-23(22)28-14-12-20-15-21(25-24-20)19-11-13-26(17-19)16-18-7-3-2-4-8-18/h2-10,15,19H,11-14,16-17H2,1H3,(H,24,25)/t19-/m1/s1. The molecule has 0 unspecified atom stereocenters. The maximum absolute atomic E-state index is 5.87. The predicted octanol–water partition coefficient (Wildman–Crippen LogP) is 4.03. The van der Waals surface area contributed by atoms with Gasteiger partial charge in [0, 0.05) is 31.1 Å². The Bertz CT molecular complexity index is 878. The number of aromatic nitrogens is 2. The lowest BCUT2D eigenvalue weighted by Gasteiger charge is -2.15. The third-order valence-corrected chi connectivity index (χ3v) is 5.29. The minimum absolute atomic E-state index is 0.504. The van der Waals surface area contributed by atoms with Crippen molar-refractivity contribution in [2.24, 2.45) is 0 Å². The zero-order valence-corrected chi connectivity index (χ0v) is 16.3. The van der Waals surface area contributed by atoms with Crippen LogP contribution in [-0.2, 0) is 13.0 Å². The van der Waals surface area contributed by atoms with Crippen LogP contribution < -0.4 is 9.47 Å². The van der Waals surface area contributed by atoms with E-state index in [2.05, 4.69) is 51.5 Å². The Labute approximate surface area is 166 Å². The number of hydrogen-bond donors (Lipinski definition) is 1. The molecule has 4 rings (SSSR count). The van der Waals surface area contributed by atoms with Crippen LogP contribution in [0.4, 0.5) is 0 Å². The lowest BCUT2D eigenvalue weighted by Crippen LogP contribution is -2.19. The summed E-state index contributed by atoms with van der Waals surface area (Å²) in [6, 6.07) is 20.6. The molecule has 1 saturated heterocycles. The molecule has 1 N–H and O–H groups in total. The number of rotatable bonds is 8. The number of H-pyrrole nitrogens is 1. The highest BCUT2D eigenvalue weighted by molar-refractivity contribution is 5.39. The van der Waals surface area contributed by atoms with E-state index < -0.39 is 0 Å². The Balaban J connectivity index is 1.27. The van der Waals surface area contributed by atoms with E-state index in [4.69, 9.17) is 9.47 Å². The molecule has 2 heterocycles. The molecule has 1 fully saturated rings. The molecule has 1 atom stereocenters. The van der Waals surface area contributed by atoms with Crippen molar-refractivity contribution in [3.05, 3.63) is 77.6 Å². The van der Waals surface area contributed by atoms with Gasteiger partial charge in [-0.1, -0.05) is 42.5 Å². The highest BCUT2D eigenvalue weighted by atomic mass is 16.5. The lowest BCUT2D eigenvalue weighted by atomic mass is 10.0. The molecular formula is C23H27N3O2. The second-order valence-electron chi connectivity index (χ2n) is 7.27. The van der Waals surface area contributed by atoms with E-state index in [-0.39, 0.29) is 0 Å². The van der Waals surface area contributed by atoms with Gasteiger partial charge in [-0.05, 0) is 36.7 Å². The first-order valence-electron chi connectivity index (χ1n) is 9.88. The molecule has 2 aromatic carbocycles. The maximum atomic E-state index is 5.87. The molecule has 0 amide bonds. The summed E-state index contributed by atoms with van der Waals surface area (Å²) in [6.07, 6.45) is 1.96. The Morgan fingerprint density at radius 1 is 1.07 bits per heavy atom. The molecule has 0 aliphatic carbocycles. The molecule has 1 aliphatic rings. The molecule has 5 heteroatoms. The molecule has 0 radical (unpaired) electrons. The SMILES string of the molecule is COc1ccccc1OCCc1cc([C@@H]2CCN(Cc3ccccc3)C2)n[nH]1. The number of para-hydroxylation sites is 2. The Morgan fingerprint density at radius 3 is 2.68 bits per heavy atom. The number of benzene rings is 2. The topological polar surface area (TPSA) is 50.4 Å². The van der Waals surface area contributed by atoms with Crippen LogP contribution in [0.5, 0.6) is 11.5 Å². The van der Waals surface area contributed by atoms with Crippen molar-refractivity contribution in [2.45, 2.75) is 25.3 Å². The number of nitrogens with zero attached hydrogens (tertiary/aromatic N) is 2. The minimum Gasteiger partial charge on any atom is -0.493 e. The highest BCUT2D eigenvalue weighted by Gasteiger charge is 2.25. The van der Waals surface area contributed by atoms with Crippen LogP contribution >= 0.6 is 0 Å². The Morgan fingerprint density at radius 2 is 1.86 bits per heavy atom. The van der Waals surface area contributed by atoms with E-state index in [1.165, 1.54) is 11.3 Å². The van der Waals surface area contributed by atoms with Crippen LogP contribution in [0.25, 0.3) is 0 Å². The molecule has 28 heavy (non-hydrogen) atoms. The fraction of sp³-hybridized carbons (Fsp3) is 0.348. The van der Waals surface area contributed by atoms with Gasteiger partial charge < -0.3 is 9.47 Å². The van der Waals surface area contributed by atoms with Crippen LogP contribution in [-0.4, -0.2) is 41.9 Å². The van der Waals surface area contributed by atoms with E-state index in [9.17, 15) is 0 Å². The van der Waals surface area contributed by atoms with Gasteiger partial charge in [0.15, 0.2) is 11.5 Å². The van der Waals surface area contributed by atoms with Crippen molar-refractivity contribution < 1.29 is 9.47 Å². The van der Waals surface area contributed by atoms with Crippen molar-refractivity contribution in [1.29, 1.82) is 0 Å². The zero-order valence-electron chi connectivity index (χ0n) is 16.3. The molecule has 0 saturated carbocycles. The quantitative estimate of drug-likeness (QED) is 0.644. The second kappa shape index (κ2) is 8.93. The summed E-state index contributed by atoms with van der Waals surface area (Å²) in [5.74, 6) is 2.04. The van der Waals surface area contributed by atoms with E-state index in [1.54, 1.807) is 7.11 Å². The first-order valence-corrected chi connectivity index (χ1v) is 9.88. The minimum atomic E-state index is 0.504. The van der Waals surface area contributed by atoms with Gasteiger partial charge in [-0.3, -0.25) is 10.00 Å². The van der Waals surface area contributed by atoms with Crippen molar-refractivity contribution in [1.82, 2.24) is 15.1 Å². The summed E-state index contributed by atoms with van der Waals surface area (Å²) in [6.45, 7) is 3.80. The Hall–Kier alpha value is -2.79. The van der Waals surface area contributed by atoms with E-state index >= 15 is 0 Å². The number of hydrogen-bond acceptors (Lipinski definition) is 4. The Kier molecular flexibility index (Phi) is 5.92. The van der Waals surface area contributed by atoms with Crippen LogP contribution in [0, 0.1) is 0 Å². The monoisotopic (exact) mass is 377 g/mol. The van der Waals surface area contributed by atoms with Gasteiger partial charge >= 0.3 is 0 Å². The molecule has 1 aromatic heterocycles. The van der Waals surface area contributed by atoms with Crippen LogP contribution in [0.3, 0.4) is 0 Å². The van der Waals surface area contributed by atoms with E-state index in [1.807, 2.05) is 24.3 Å². The molecule has 1 aliphatic heterocycles. The summed E-state index contributed by atoms with van der Waals surface area (Å²) in [4.78, 5) is 2.51. The van der Waals surface area contributed by atoms with Crippen molar-refractivity contribution in [3.63, 3.8) is 0 Å². The first-order chi connectivity index (χ1) is 13.8. The summed E-state index contributed by atoms with van der Waals surface area (Å²) in [7, 11) is 1.66. The third kappa shape index (κ3) is 4.54. The number of aromatic amines is 1. The zero-order chi connectivity index (χ0) is 19.2. The van der Waals surface area contributed by atoms with Crippen LogP contribution in [0.1, 0.15) is 29.3 Å². The van der Waals surface area contributed by atoms with E-state index in [0.717, 1.165) is 49.7 Å². The first kappa shape index (κ1) is 18.6. The lowest BCUT2D eigenvalue weighted by molar-refractivity contribution is 0.296. The fourth-order valence-electron chi connectivity index (χ4n) is 3.78. The molecule has 146 valence electrons. The van der Waals surface area contributed by atoms with Gasteiger partial charge in [0.1, 0.15) is 0 Å². The van der Waals surface area contributed by atoms with Gasteiger partial charge in [-0.15, -0.1) is 0 Å². The molecule has 0 bridgehead atoms. The van der Waals surface area contributed by atoms with Crippen molar-refractivity contribution >= 4 is 0 Å². The van der Waals surface area contributed by atoms with Gasteiger partial charge in [-0.25, -0.2) is 0 Å². The van der Waals surface area contributed by atoms with Crippen LogP contribution in [0.2, 0.25) is 0 Å². The largest absolute Gasteiger partial charge is 0.493 e. The average Bonchev–Trinajstić information content (AvgIpc) is 3.39. The van der Waals surface area contributed by atoms with Gasteiger partial charge in [0.2, 0.25) is 0 Å². The number of ether oxygens (including phenoxy) is 2. The maximum Gasteiger partial charge on any atom is 0.161 e. The van der Waals surface area contributed by atoms with Crippen LogP contribution in [0.15, 0.2) is 60.7 Å².